The van der Waals surface area contributed by atoms with Crippen molar-refractivity contribution in [2.75, 3.05) is 0 Å². The van der Waals surface area contributed by atoms with Crippen LogP contribution in [0.1, 0.15) is 0 Å². The summed E-state index contributed by atoms with van der Waals surface area (Å²) in [6.45, 7) is 0. The van der Waals surface area contributed by atoms with Gasteiger partial charge in [0.05, 0.1) is 5.39 Å². The topological polar surface area (TPSA) is 83.0 Å². The predicted octanol–water partition coefficient (Wildman–Crippen LogP) is 1.53. The van der Waals surface area contributed by atoms with Crippen molar-refractivity contribution in [3.05, 3.63) is 69.5 Å². The zero-order chi connectivity index (χ0) is 14.4. The first-order chi connectivity index (χ1) is 10.3. The van der Waals surface area contributed by atoms with E-state index in [1.54, 1.807) is 16.8 Å². The van der Waals surface area contributed by atoms with Gasteiger partial charge in [0, 0.05) is 18.0 Å². The van der Waals surface area contributed by atoms with Gasteiger partial charge in [-0.05, 0) is 11.6 Å². The normalized spacial score (nSPS) is 11.2. The fourth-order valence-electron chi connectivity index (χ4n) is 2.59. The Kier molecular flexibility index (Phi) is 2.32. The molecule has 0 radical (unpaired) electrons. The van der Waals surface area contributed by atoms with Crippen LogP contribution in [-0.4, -0.2) is 19.6 Å². The molecule has 4 aromatic rings. The van der Waals surface area contributed by atoms with Gasteiger partial charge in [0.25, 0.3) is 11.1 Å². The molecule has 3 aromatic heterocycles. The number of nitrogens with zero attached hydrogens (tertiary/aromatic N) is 2. The Bertz CT molecular complexity index is 1070. The molecule has 2 N–H and O–H groups in total. The van der Waals surface area contributed by atoms with Gasteiger partial charge in [-0.2, -0.15) is 0 Å². The van der Waals surface area contributed by atoms with Crippen LogP contribution in [0.4, 0.5) is 0 Å². The first kappa shape index (κ1) is 11.7. The SMILES string of the molecule is O=c1[nH][nH]c(=O)c2c1c(-c1ccccc1)cc1nccn12. The molecule has 0 amide bonds. The molecule has 0 unspecified atom stereocenters. The second kappa shape index (κ2) is 4.17. The zero-order valence-electron chi connectivity index (χ0n) is 10.8. The Balaban J connectivity index is 2.32. The number of pyridine rings is 1. The first-order valence-electron chi connectivity index (χ1n) is 6.42. The second-order valence-corrected chi connectivity index (χ2v) is 4.71. The maximum atomic E-state index is 12.2. The zero-order valence-corrected chi connectivity index (χ0v) is 10.8. The lowest BCUT2D eigenvalue weighted by Crippen LogP contribution is -2.21. The van der Waals surface area contributed by atoms with E-state index in [1.165, 1.54) is 0 Å². The molecular weight excluding hydrogens is 268 g/mol. The minimum Gasteiger partial charge on any atom is -0.294 e. The van der Waals surface area contributed by atoms with Crippen molar-refractivity contribution in [3.8, 4) is 11.1 Å². The Morgan fingerprint density at radius 3 is 2.57 bits per heavy atom. The van der Waals surface area contributed by atoms with Gasteiger partial charge in [-0.1, -0.05) is 30.3 Å². The highest BCUT2D eigenvalue weighted by molar-refractivity contribution is 5.96. The van der Waals surface area contributed by atoms with Crippen LogP contribution in [0.25, 0.3) is 27.7 Å². The third-order valence-corrected chi connectivity index (χ3v) is 3.51. The molecule has 0 aliphatic heterocycles. The van der Waals surface area contributed by atoms with E-state index in [-0.39, 0.29) is 11.1 Å². The third kappa shape index (κ3) is 1.62. The summed E-state index contributed by atoms with van der Waals surface area (Å²) in [5.41, 5.74) is 1.79. The molecule has 0 saturated carbocycles. The van der Waals surface area contributed by atoms with Crippen LogP contribution in [0.15, 0.2) is 58.4 Å². The summed E-state index contributed by atoms with van der Waals surface area (Å²) < 4.78 is 1.62. The summed E-state index contributed by atoms with van der Waals surface area (Å²) in [4.78, 5) is 28.6. The summed E-state index contributed by atoms with van der Waals surface area (Å²) in [5.74, 6) is 0. The van der Waals surface area contributed by atoms with Crippen molar-refractivity contribution in [1.29, 1.82) is 0 Å². The van der Waals surface area contributed by atoms with Crippen LogP contribution in [0.3, 0.4) is 0 Å². The van der Waals surface area contributed by atoms with Gasteiger partial charge < -0.3 is 0 Å². The number of hydrogen-bond donors (Lipinski definition) is 2. The van der Waals surface area contributed by atoms with Crippen molar-refractivity contribution in [3.63, 3.8) is 0 Å². The molecule has 3 heterocycles. The average molecular weight is 278 g/mol. The van der Waals surface area contributed by atoms with E-state index in [9.17, 15) is 9.59 Å². The number of aromatic nitrogens is 4. The second-order valence-electron chi connectivity index (χ2n) is 4.71. The molecule has 1 aromatic carbocycles. The molecule has 4 rings (SSSR count). The smallest absolute Gasteiger partial charge is 0.287 e. The molecule has 0 fully saturated rings. The number of hydrogen-bond acceptors (Lipinski definition) is 3. The highest BCUT2D eigenvalue weighted by Gasteiger charge is 2.14. The van der Waals surface area contributed by atoms with E-state index >= 15 is 0 Å². The Morgan fingerprint density at radius 1 is 1.00 bits per heavy atom. The number of aromatic amines is 2. The van der Waals surface area contributed by atoms with Gasteiger partial charge in [0.15, 0.2) is 0 Å². The van der Waals surface area contributed by atoms with E-state index in [4.69, 9.17) is 0 Å². The molecule has 6 nitrogen and oxygen atoms in total. The lowest BCUT2D eigenvalue weighted by Gasteiger charge is -2.07. The van der Waals surface area contributed by atoms with Crippen LogP contribution in [0, 0.1) is 0 Å². The molecule has 0 aliphatic rings. The third-order valence-electron chi connectivity index (χ3n) is 3.51. The number of nitrogens with one attached hydrogen (secondary N) is 2. The molecule has 6 heteroatoms. The number of rotatable bonds is 1. The van der Waals surface area contributed by atoms with Crippen LogP contribution in [0.5, 0.6) is 0 Å². The highest BCUT2D eigenvalue weighted by atomic mass is 16.1. The van der Waals surface area contributed by atoms with Crippen LogP contribution >= 0.6 is 0 Å². The number of fused-ring (bicyclic) bond motifs is 3. The van der Waals surface area contributed by atoms with Crippen LogP contribution in [0.2, 0.25) is 0 Å². The van der Waals surface area contributed by atoms with Gasteiger partial charge in [-0.3, -0.25) is 24.2 Å². The molecule has 0 spiro atoms. The monoisotopic (exact) mass is 278 g/mol. The van der Waals surface area contributed by atoms with Gasteiger partial charge in [-0.25, -0.2) is 4.98 Å². The minimum atomic E-state index is -0.356. The van der Waals surface area contributed by atoms with Gasteiger partial charge >= 0.3 is 0 Å². The fraction of sp³-hybridized carbons (Fsp3) is 0. The standard InChI is InChI=1S/C15H10N4O2/c20-14-12-10(9-4-2-1-3-5-9)8-11-16-6-7-19(11)13(12)15(21)18-17-14/h1-8H,(H,17,20)(H,18,21). The maximum Gasteiger partial charge on any atom is 0.287 e. The quantitative estimate of drug-likeness (QED) is 0.554. The minimum absolute atomic E-state index is 0.299. The van der Waals surface area contributed by atoms with Crippen molar-refractivity contribution in [2.45, 2.75) is 0 Å². The fourth-order valence-corrected chi connectivity index (χ4v) is 2.59. The highest BCUT2D eigenvalue weighted by Crippen LogP contribution is 2.26. The Hall–Kier alpha value is -3.15. The van der Waals surface area contributed by atoms with Crippen molar-refractivity contribution >= 4 is 16.6 Å². The van der Waals surface area contributed by atoms with Crippen molar-refractivity contribution < 1.29 is 0 Å². The molecule has 0 aliphatic carbocycles. The number of benzene rings is 1. The van der Waals surface area contributed by atoms with Crippen LogP contribution < -0.4 is 11.1 Å². The molecule has 21 heavy (non-hydrogen) atoms. The summed E-state index contributed by atoms with van der Waals surface area (Å²) in [6, 6.07) is 11.3. The summed E-state index contributed by atoms with van der Waals surface area (Å²) in [7, 11) is 0. The van der Waals surface area contributed by atoms with Gasteiger partial charge in [0.2, 0.25) is 0 Å². The predicted molar refractivity (Wildman–Crippen MR) is 79.4 cm³/mol. The largest absolute Gasteiger partial charge is 0.294 e. The van der Waals surface area contributed by atoms with Crippen molar-refractivity contribution in [1.82, 2.24) is 19.6 Å². The Morgan fingerprint density at radius 2 is 1.76 bits per heavy atom. The molecule has 0 saturated heterocycles. The van der Waals surface area contributed by atoms with E-state index in [1.807, 2.05) is 36.4 Å². The maximum absolute atomic E-state index is 12.2. The number of imidazole rings is 1. The lowest BCUT2D eigenvalue weighted by molar-refractivity contribution is 0.965. The molecule has 0 atom stereocenters. The summed E-state index contributed by atoms with van der Waals surface area (Å²) in [5, 5.41) is 5.10. The van der Waals surface area contributed by atoms with Crippen molar-refractivity contribution in [2.24, 2.45) is 0 Å². The summed E-state index contributed by atoms with van der Waals surface area (Å²) >= 11 is 0. The van der Waals surface area contributed by atoms with E-state index in [2.05, 4.69) is 15.2 Å². The van der Waals surface area contributed by atoms with Crippen LogP contribution in [-0.2, 0) is 0 Å². The Labute approximate surface area is 117 Å². The number of H-pyrrole nitrogens is 2. The lowest BCUT2D eigenvalue weighted by atomic mass is 10.0. The van der Waals surface area contributed by atoms with Gasteiger partial charge in [-0.15, -0.1) is 0 Å². The molecule has 102 valence electrons. The van der Waals surface area contributed by atoms with E-state index in [0.29, 0.717) is 22.1 Å². The van der Waals surface area contributed by atoms with E-state index in [0.717, 1.165) is 5.56 Å². The van der Waals surface area contributed by atoms with Gasteiger partial charge in [0.1, 0.15) is 11.2 Å². The van der Waals surface area contributed by atoms with E-state index < -0.39 is 0 Å². The molecular formula is C15H10N4O2. The average Bonchev–Trinajstić information content (AvgIpc) is 2.99. The molecule has 0 bridgehead atoms. The summed E-state index contributed by atoms with van der Waals surface area (Å²) in [6.07, 6.45) is 3.27. The first-order valence-corrected chi connectivity index (χ1v) is 6.42.